The summed E-state index contributed by atoms with van der Waals surface area (Å²) in [7, 11) is 0. The van der Waals surface area contributed by atoms with Crippen molar-refractivity contribution >= 4 is 40.6 Å². The summed E-state index contributed by atoms with van der Waals surface area (Å²) in [5, 5.41) is 3.61. The predicted octanol–water partition coefficient (Wildman–Crippen LogP) is 4.62. The van der Waals surface area contributed by atoms with Crippen LogP contribution in [0.15, 0.2) is 72.8 Å². The first-order chi connectivity index (χ1) is 15.4. The second kappa shape index (κ2) is 11.7. The summed E-state index contributed by atoms with van der Waals surface area (Å²) in [5.74, 6) is -0.121. The van der Waals surface area contributed by atoms with Crippen molar-refractivity contribution in [2.24, 2.45) is 0 Å². The van der Waals surface area contributed by atoms with Crippen LogP contribution in [0.1, 0.15) is 21.5 Å². The monoisotopic (exact) mass is 469 g/mol. The van der Waals surface area contributed by atoms with Gasteiger partial charge in [-0.2, -0.15) is 0 Å². The van der Waals surface area contributed by atoms with Gasteiger partial charge in [0.25, 0.3) is 0 Å². The molecular formula is C25H25Cl2N3O2. The Morgan fingerprint density at radius 2 is 1.44 bits per heavy atom. The molecule has 166 valence electrons. The Bertz CT molecular complexity index is 1040. The minimum atomic E-state index is -0.154. The van der Waals surface area contributed by atoms with Gasteiger partial charge in [-0.1, -0.05) is 83.9 Å². The number of halogens is 2. The van der Waals surface area contributed by atoms with Crippen LogP contribution in [0.25, 0.3) is 0 Å². The number of nitrogens with zero attached hydrogens (tertiary/aromatic N) is 1. The average Bonchev–Trinajstić information content (AvgIpc) is 2.80. The highest BCUT2D eigenvalue weighted by molar-refractivity contribution is 6.39. The molecule has 0 aliphatic carbocycles. The first kappa shape index (κ1) is 23.8. The number of hydrogen-bond acceptors (Lipinski definition) is 4. The van der Waals surface area contributed by atoms with Gasteiger partial charge in [-0.25, -0.2) is 0 Å². The molecule has 32 heavy (non-hydrogen) atoms. The third-order valence-corrected chi connectivity index (χ3v) is 5.64. The van der Waals surface area contributed by atoms with E-state index in [-0.39, 0.29) is 34.0 Å². The van der Waals surface area contributed by atoms with Crippen molar-refractivity contribution in [3.63, 3.8) is 0 Å². The van der Waals surface area contributed by atoms with Gasteiger partial charge in [0.15, 0.2) is 5.78 Å². The van der Waals surface area contributed by atoms with Gasteiger partial charge in [-0.05, 0) is 23.3 Å². The lowest BCUT2D eigenvalue weighted by Crippen LogP contribution is -2.38. The average molecular weight is 470 g/mol. The van der Waals surface area contributed by atoms with E-state index in [1.54, 1.807) is 4.90 Å². The van der Waals surface area contributed by atoms with E-state index < -0.39 is 0 Å². The molecule has 0 fully saturated rings. The highest BCUT2D eigenvalue weighted by Gasteiger charge is 2.15. The molecule has 0 bridgehead atoms. The quantitative estimate of drug-likeness (QED) is 0.258. The number of carbonyl (C=O) groups excluding carboxylic acids is 2. The summed E-state index contributed by atoms with van der Waals surface area (Å²) >= 11 is 12.0. The van der Waals surface area contributed by atoms with Crippen molar-refractivity contribution in [2.45, 2.75) is 13.0 Å². The molecule has 3 aromatic carbocycles. The highest BCUT2D eigenvalue weighted by atomic mass is 35.5. The van der Waals surface area contributed by atoms with Crippen LogP contribution in [0.2, 0.25) is 10.0 Å². The van der Waals surface area contributed by atoms with Crippen LogP contribution < -0.4 is 11.1 Å². The number of carbonyl (C=O) groups is 2. The number of nitrogens with one attached hydrogen (secondary N) is 1. The molecule has 0 aromatic heterocycles. The fourth-order valence-corrected chi connectivity index (χ4v) is 3.73. The lowest BCUT2D eigenvalue weighted by molar-refractivity contribution is -0.131. The van der Waals surface area contributed by atoms with Gasteiger partial charge in [0.05, 0.1) is 28.7 Å². The second-order valence-electron chi connectivity index (χ2n) is 7.42. The number of rotatable bonds is 10. The maximum Gasteiger partial charge on any atom is 0.227 e. The molecule has 3 N–H and O–H groups in total. The Labute approximate surface area is 198 Å². The number of nitrogen functional groups attached to an aromatic ring is 1. The third kappa shape index (κ3) is 6.82. The SMILES string of the molecule is Nc1c(Cl)cc(C(=O)CNCCN(Cc2ccccc2)C(=O)Cc2ccccc2)cc1Cl. The predicted molar refractivity (Wildman–Crippen MR) is 130 cm³/mol. The fourth-order valence-electron chi connectivity index (χ4n) is 3.24. The van der Waals surface area contributed by atoms with E-state index in [9.17, 15) is 9.59 Å². The van der Waals surface area contributed by atoms with Crippen molar-refractivity contribution in [1.82, 2.24) is 10.2 Å². The van der Waals surface area contributed by atoms with Crippen LogP contribution in [0, 0.1) is 0 Å². The van der Waals surface area contributed by atoms with E-state index >= 15 is 0 Å². The first-order valence-corrected chi connectivity index (χ1v) is 11.0. The van der Waals surface area contributed by atoms with Crippen LogP contribution >= 0.6 is 23.2 Å². The van der Waals surface area contributed by atoms with Crippen molar-refractivity contribution < 1.29 is 9.59 Å². The van der Waals surface area contributed by atoms with E-state index in [0.717, 1.165) is 11.1 Å². The van der Waals surface area contributed by atoms with Gasteiger partial charge < -0.3 is 16.0 Å². The standard InChI is InChI=1S/C25H25Cl2N3O2/c26-21-14-20(15-22(27)25(21)28)23(31)16-29-11-12-30(17-19-9-5-2-6-10-19)24(32)13-18-7-3-1-4-8-18/h1-10,14-15,29H,11-13,16-17,28H2. The first-order valence-electron chi connectivity index (χ1n) is 10.3. The van der Waals surface area contributed by atoms with Gasteiger partial charge in [0.2, 0.25) is 5.91 Å². The van der Waals surface area contributed by atoms with Crippen molar-refractivity contribution in [1.29, 1.82) is 0 Å². The molecule has 0 heterocycles. The number of hydrogen-bond donors (Lipinski definition) is 2. The van der Waals surface area contributed by atoms with Gasteiger partial charge in [0.1, 0.15) is 0 Å². The van der Waals surface area contributed by atoms with Crippen LogP contribution in [0.4, 0.5) is 5.69 Å². The van der Waals surface area contributed by atoms with Crippen LogP contribution in [0.5, 0.6) is 0 Å². The molecule has 0 atom stereocenters. The topological polar surface area (TPSA) is 75.4 Å². The molecule has 0 aliphatic rings. The zero-order valence-corrected chi connectivity index (χ0v) is 19.1. The number of amides is 1. The highest BCUT2D eigenvalue weighted by Crippen LogP contribution is 2.28. The molecular weight excluding hydrogens is 445 g/mol. The van der Waals surface area contributed by atoms with E-state index in [4.69, 9.17) is 28.9 Å². The molecule has 0 aliphatic heterocycles. The van der Waals surface area contributed by atoms with Gasteiger partial charge in [-0.15, -0.1) is 0 Å². The normalized spacial score (nSPS) is 10.7. The lowest BCUT2D eigenvalue weighted by Gasteiger charge is -2.23. The zero-order valence-electron chi connectivity index (χ0n) is 17.6. The molecule has 0 spiro atoms. The molecule has 1 amide bonds. The summed E-state index contributed by atoms with van der Waals surface area (Å²) in [5.41, 5.74) is 8.39. The number of benzene rings is 3. The summed E-state index contributed by atoms with van der Waals surface area (Å²) in [6.45, 7) is 1.54. The Hall–Kier alpha value is -2.86. The van der Waals surface area contributed by atoms with Crippen LogP contribution in [-0.4, -0.2) is 36.2 Å². The lowest BCUT2D eigenvalue weighted by atomic mass is 10.1. The molecule has 0 saturated carbocycles. The number of Topliss-reactive ketones (excluding diaryl/α,β-unsaturated/α-hetero) is 1. The van der Waals surface area contributed by atoms with Gasteiger partial charge in [0, 0.05) is 25.2 Å². The summed E-state index contributed by atoms with van der Waals surface area (Å²) in [6.07, 6.45) is 0.328. The number of nitrogens with two attached hydrogens (primary N) is 1. The Morgan fingerprint density at radius 1 is 0.875 bits per heavy atom. The molecule has 0 saturated heterocycles. The smallest absolute Gasteiger partial charge is 0.227 e. The maximum atomic E-state index is 13.0. The molecule has 3 aromatic rings. The van der Waals surface area contributed by atoms with E-state index in [0.29, 0.717) is 31.6 Å². The largest absolute Gasteiger partial charge is 0.396 e. The van der Waals surface area contributed by atoms with Crippen molar-refractivity contribution in [2.75, 3.05) is 25.4 Å². The van der Waals surface area contributed by atoms with Gasteiger partial charge in [-0.3, -0.25) is 9.59 Å². The minimum absolute atomic E-state index is 0.0327. The molecule has 7 heteroatoms. The van der Waals surface area contributed by atoms with E-state index in [2.05, 4.69) is 5.32 Å². The summed E-state index contributed by atoms with van der Waals surface area (Å²) in [4.78, 5) is 27.2. The van der Waals surface area contributed by atoms with E-state index in [1.807, 2.05) is 60.7 Å². The Balaban J connectivity index is 1.58. The molecule has 3 rings (SSSR count). The van der Waals surface area contributed by atoms with Gasteiger partial charge >= 0.3 is 0 Å². The fraction of sp³-hybridized carbons (Fsp3) is 0.200. The minimum Gasteiger partial charge on any atom is -0.396 e. The van der Waals surface area contributed by atoms with Crippen molar-refractivity contribution in [3.8, 4) is 0 Å². The number of anilines is 1. The molecule has 5 nitrogen and oxygen atoms in total. The van der Waals surface area contributed by atoms with E-state index in [1.165, 1.54) is 12.1 Å². The van der Waals surface area contributed by atoms with Crippen molar-refractivity contribution in [3.05, 3.63) is 99.5 Å². The summed E-state index contributed by atoms with van der Waals surface area (Å²) < 4.78 is 0. The third-order valence-electron chi connectivity index (χ3n) is 5.01. The maximum absolute atomic E-state index is 13.0. The molecule has 0 radical (unpaired) electrons. The Kier molecular flexibility index (Phi) is 8.68. The van der Waals surface area contributed by atoms with Crippen LogP contribution in [0.3, 0.4) is 0 Å². The van der Waals surface area contributed by atoms with Crippen LogP contribution in [-0.2, 0) is 17.8 Å². The Morgan fingerprint density at radius 3 is 2.03 bits per heavy atom. The number of ketones is 1. The summed E-state index contributed by atoms with van der Waals surface area (Å²) in [6, 6.07) is 22.5. The zero-order chi connectivity index (χ0) is 22.9. The molecule has 0 unspecified atom stereocenters. The second-order valence-corrected chi connectivity index (χ2v) is 8.23.